The van der Waals surface area contributed by atoms with Gasteiger partial charge in [-0.05, 0) is 60.9 Å². The summed E-state index contributed by atoms with van der Waals surface area (Å²) in [5.74, 6) is 1.61. The van der Waals surface area contributed by atoms with Crippen LogP contribution in [0.15, 0.2) is 48.5 Å². The Morgan fingerprint density at radius 1 is 1.07 bits per heavy atom. The molecule has 4 nitrogen and oxygen atoms in total. The van der Waals surface area contributed by atoms with E-state index in [1.54, 1.807) is 0 Å². The Bertz CT molecular complexity index is 805. The van der Waals surface area contributed by atoms with E-state index in [0.29, 0.717) is 11.8 Å². The van der Waals surface area contributed by atoms with Crippen molar-refractivity contribution in [3.63, 3.8) is 0 Å². The molecule has 2 aromatic carbocycles. The Hall–Kier alpha value is -2.33. The van der Waals surface area contributed by atoms with E-state index in [1.165, 1.54) is 23.1 Å². The van der Waals surface area contributed by atoms with E-state index in [4.69, 9.17) is 9.84 Å². The number of hydrogen-bond acceptors (Lipinski definition) is 3. The van der Waals surface area contributed by atoms with E-state index in [1.807, 2.05) is 0 Å². The fourth-order valence-electron chi connectivity index (χ4n) is 4.34. The minimum absolute atomic E-state index is 0.252. The van der Waals surface area contributed by atoms with E-state index in [2.05, 4.69) is 53.4 Å². The van der Waals surface area contributed by atoms with Gasteiger partial charge in [-0.1, -0.05) is 42.5 Å². The molecule has 28 heavy (non-hydrogen) atoms. The molecule has 0 radical (unpaired) electrons. The summed E-state index contributed by atoms with van der Waals surface area (Å²) in [5.41, 5.74) is 4.16. The number of carboxylic acid groups (broad SMARTS) is 1. The smallest absolute Gasteiger partial charge is 0.303 e. The molecule has 2 aliphatic rings. The molecular weight excluding hydrogens is 350 g/mol. The average Bonchev–Trinajstić information content (AvgIpc) is 3.50. The molecule has 1 fully saturated rings. The Kier molecular flexibility index (Phi) is 5.96. The van der Waals surface area contributed by atoms with E-state index in [-0.39, 0.29) is 6.42 Å². The van der Waals surface area contributed by atoms with Gasteiger partial charge in [0, 0.05) is 25.4 Å². The summed E-state index contributed by atoms with van der Waals surface area (Å²) >= 11 is 0. The summed E-state index contributed by atoms with van der Waals surface area (Å²) in [7, 11) is 0. The number of hydrogen-bond donors (Lipinski definition) is 1. The van der Waals surface area contributed by atoms with Gasteiger partial charge in [0.25, 0.3) is 0 Å². The van der Waals surface area contributed by atoms with Gasteiger partial charge in [0.1, 0.15) is 5.75 Å². The Labute approximate surface area is 167 Å². The van der Waals surface area contributed by atoms with Crippen LogP contribution in [-0.4, -0.2) is 42.2 Å². The van der Waals surface area contributed by atoms with Crippen molar-refractivity contribution in [2.24, 2.45) is 5.92 Å². The third-order valence-corrected chi connectivity index (χ3v) is 6.07. The number of ether oxygens (including phenoxy) is 1. The average molecular weight is 380 g/mol. The van der Waals surface area contributed by atoms with Crippen LogP contribution in [0.2, 0.25) is 0 Å². The zero-order valence-electron chi connectivity index (χ0n) is 16.3. The highest BCUT2D eigenvalue weighted by molar-refractivity contribution is 5.66. The minimum Gasteiger partial charge on any atom is -0.493 e. The van der Waals surface area contributed by atoms with Crippen molar-refractivity contribution in [1.29, 1.82) is 0 Å². The molecule has 1 heterocycles. The quantitative estimate of drug-likeness (QED) is 0.749. The van der Waals surface area contributed by atoms with Crippen molar-refractivity contribution in [3.8, 4) is 5.75 Å². The lowest BCUT2D eigenvalue weighted by molar-refractivity contribution is -0.137. The molecule has 2 atom stereocenters. The topological polar surface area (TPSA) is 49.8 Å². The maximum Gasteiger partial charge on any atom is 0.303 e. The molecule has 1 aliphatic heterocycles. The van der Waals surface area contributed by atoms with E-state index in [0.717, 1.165) is 51.3 Å². The summed E-state index contributed by atoms with van der Waals surface area (Å²) in [6.45, 7) is 3.62. The maximum atomic E-state index is 10.7. The highest BCUT2D eigenvalue weighted by Gasteiger charge is 2.38. The molecule has 148 valence electrons. The van der Waals surface area contributed by atoms with Crippen molar-refractivity contribution < 1.29 is 14.6 Å². The molecule has 4 heteroatoms. The highest BCUT2D eigenvalue weighted by Crippen LogP contribution is 2.47. The van der Waals surface area contributed by atoms with Crippen molar-refractivity contribution in [2.45, 2.75) is 38.0 Å². The molecule has 1 aliphatic carbocycles. The number of carboxylic acids is 1. The Balaban J connectivity index is 1.32. The van der Waals surface area contributed by atoms with Gasteiger partial charge in [-0.2, -0.15) is 0 Å². The second-order valence-corrected chi connectivity index (χ2v) is 8.06. The lowest BCUT2D eigenvalue weighted by Crippen LogP contribution is -2.27. The standard InChI is InChI=1S/C24H29NO3/c26-24(27)10-5-13-25-14-11-19-8-4-9-23(21(19)12-15-25)28-17-20-16-22(20)18-6-2-1-3-7-18/h1-4,6-9,20,22H,5,10-17H2,(H,26,27)/t20-,22+/m0/s1. The first-order valence-corrected chi connectivity index (χ1v) is 10.4. The summed E-state index contributed by atoms with van der Waals surface area (Å²) in [5, 5.41) is 8.84. The van der Waals surface area contributed by atoms with Crippen LogP contribution in [0, 0.1) is 5.92 Å². The number of nitrogens with zero attached hydrogens (tertiary/aromatic N) is 1. The van der Waals surface area contributed by atoms with Crippen LogP contribution in [0.5, 0.6) is 5.75 Å². The SMILES string of the molecule is O=C(O)CCCN1CCc2cccc(OC[C@@H]3C[C@@H]3c3ccccc3)c2CC1. The maximum absolute atomic E-state index is 10.7. The van der Waals surface area contributed by atoms with Crippen molar-refractivity contribution in [2.75, 3.05) is 26.2 Å². The first-order valence-electron chi connectivity index (χ1n) is 10.4. The summed E-state index contributed by atoms with van der Waals surface area (Å²) in [6.07, 6.45) is 4.18. The van der Waals surface area contributed by atoms with Crippen LogP contribution in [0.3, 0.4) is 0 Å². The molecular formula is C24H29NO3. The Morgan fingerprint density at radius 3 is 2.71 bits per heavy atom. The fourth-order valence-corrected chi connectivity index (χ4v) is 4.34. The van der Waals surface area contributed by atoms with Crippen LogP contribution < -0.4 is 4.74 Å². The second-order valence-electron chi connectivity index (χ2n) is 8.06. The number of aliphatic carboxylic acids is 1. The fraction of sp³-hybridized carbons (Fsp3) is 0.458. The van der Waals surface area contributed by atoms with Gasteiger partial charge >= 0.3 is 5.97 Å². The zero-order valence-corrected chi connectivity index (χ0v) is 16.3. The molecule has 0 spiro atoms. The molecule has 0 unspecified atom stereocenters. The molecule has 4 rings (SSSR count). The zero-order chi connectivity index (χ0) is 19.3. The predicted octanol–water partition coefficient (Wildman–Crippen LogP) is 4.13. The normalized spacial score (nSPS) is 21.6. The van der Waals surface area contributed by atoms with E-state index < -0.39 is 5.97 Å². The van der Waals surface area contributed by atoms with Crippen molar-refractivity contribution in [1.82, 2.24) is 4.90 Å². The summed E-state index contributed by atoms with van der Waals surface area (Å²) < 4.78 is 6.29. The molecule has 0 saturated heterocycles. The molecule has 0 amide bonds. The van der Waals surface area contributed by atoms with E-state index >= 15 is 0 Å². The Morgan fingerprint density at radius 2 is 1.89 bits per heavy atom. The van der Waals surface area contributed by atoms with Crippen LogP contribution in [0.1, 0.15) is 41.9 Å². The van der Waals surface area contributed by atoms with Gasteiger partial charge in [-0.3, -0.25) is 4.79 Å². The largest absolute Gasteiger partial charge is 0.493 e. The van der Waals surface area contributed by atoms with Gasteiger partial charge in [0.2, 0.25) is 0 Å². The summed E-state index contributed by atoms with van der Waals surface area (Å²) in [4.78, 5) is 13.1. The van der Waals surface area contributed by atoms with Crippen LogP contribution >= 0.6 is 0 Å². The van der Waals surface area contributed by atoms with Gasteiger partial charge in [-0.15, -0.1) is 0 Å². The van der Waals surface area contributed by atoms with E-state index in [9.17, 15) is 4.79 Å². The summed E-state index contributed by atoms with van der Waals surface area (Å²) in [6, 6.07) is 17.2. The van der Waals surface area contributed by atoms with Crippen molar-refractivity contribution >= 4 is 5.97 Å². The third-order valence-electron chi connectivity index (χ3n) is 6.07. The van der Waals surface area contributed by atoms with Crippen LogP contribution in [0.25, 0.3) is 0 Å². The van der Waals surface area contributed by atoms with Crippen molar-refractivity contribution in [3.05, 3.63) is 65.2 Å². The van der Waals surface area contributed by atoms with Gasteiger partial charge in [0.05, 0.1) is 6.61 Å². The van der Waals surface area contributed by atoms with Crippen LogP contribution in [0.4, 0.5) is 0 Å². The lowest BCUT2D eigenvalue weighted by Gasteiger charge is -2.19. The second kappa shape index (κ2) is 8.78. The number of carbonyl (C=O) groups is 1. The molecule has 0 bridgehead atoms. The van der Waals surface area contributed by atoms with Gasteiger partial charge < -0.3 is 14.7 Å². The molecule has 0 aromatic heterocycles. The number of rotatable bonds is 8. The highest BCUT2D eigenvalue weighted by atomic mass is 16.5. The molecule has 1 saturated carbocycles. The number of fused-ring (bicyclic) bond motifs is 1. The predicted molar refractivity (Wildman–Crippen MR) is 110 cm³/mol. The lowest BCUT2D eigenvalue weighted by atomic mass is 10.0. The molecule has 2 aromatic rings. The minimum atomic E-state index is -0.706. The molecule has 1 N–H and O–H groups in total. The monoisotopic (exact) mass is 379 g/mol. The first-order chi connectivity index (χ1) is 13.7. The number of benzene rings is 2. The van der Waals surface area contributed by atoms with Gasteiger partial charge in [-0.25, -0.2) is 0 Å². The van der Waals surface area contributed by atoms with Crippen LogP contribution in [-0.2, 0) is 17.6 Å². The van der Waals surface area contributed by atoms with Gasteiger partial charge in [0.15, 0.2) is 0 Å². The first kappa shape index (κ1) is 19.0. The third kappa shape index (κ3) is 4.74.